The van der Waals surface area contributed by atoms with E-state index in [-0.39, 0.29) is 102 Å². The van der Waals surface area contributed by atoms with Crippen LogP contribution in [0.4, 0.5) is 0 Å². The lowest BCUT2D eigenvalue weighted by Crippen LogP contribution is -2.34. The molecule has 0 bridgehead atoms. The fraction of sp³-hybridized carbons (Fsp3) is 0.872. The van der Waals surface area contributed by atoms with Gasteiger partial charge >= 0.3 is 23.9 Å². The maximum atomic E-state index is 12.8. The summed E-state index contributed by atoms with van der Waals surface area (Å²) in [6.07, 6.45) is 6.37. The highest BCUT2D eigenvalue weighted by Crippen LogP contribution is 2.40. The molecule has 1 aromatic rings. The van der Waals surface area contributed by atoms with Crippen LogP contribution >= 0.6 is 23.5 Å². The average molecular weight is 955 g/mol. The van der Waals surface area contributed by atoms with Gasteiger partial charge in [-0.05, 0) is 51.4 Å². The van der Waals surface area contributed by atoms with Gasteiger partial charge in [0.25, 0.3) is 0 Å². The minimum absolute atomic E-state index is 0.0274. The quantitative estimate of drug-likeness (QED) is 0.0302. The summed E-state index contributed by atoms with van der Waals surface area (Å²) in [5.74, 6) is -0.845. The summed E-state index contributed by atoms with van der Waals surface area (Å²) in [5, 5.41) is 8.89. The van der Waals surface area contributed by atoms with E-state index in [1.54, 1.807) is 35.3 Å². The molecule has 1 rings (SSSR count). The summed E-state index contributed by atoms with van der Waals surface area (Å²) in [6.45, 7) is 31.7. The van der Waals surface area contributed by atoms with E-state index in [9.17, 15) is 19.2 Å². The summed E-state index contributed by atoms with van der Waals surface area (Å²) in [4.78, 5) is 52.9. The molecule has 0 saturated heterocycles. The molecule has 0 fully saturated rings. The Labute approximate surface area is 403 Å². The molecular formula is C47H88B2N4O10S2. The lowest BCUT2D eigenvalue weighted by molar-refractivity contribution is -0.154. The van der Waals surface area contributed by atoms with Crippen LogP contribution in [0, 0.1) is 17.3 Å². The van der Waals surface area contributed by atoms with Gasteiger partial charge < -0.3 is 28.4 Å². The number of aromatic nitrogens is 3. The van der Waals surface area contributed by atoms with Crippen molar-refractivity contribution in [3.05, 3.63) is 11.9 Å². The van der Waals surface area contributed by atoms with E-state index in [4.69, 9.17) is 28.4 Å². The Morgan fingerprint density at radius 1 is 0.723 bits per heavy atom. The number of ether oxygens (including phenoxy) is 6. The summed E-state index contributed by atoms with van der Waals surface area (Å²) in [5.41, 5.74) is 0.248. The molecule has 4 unspecified atom stereocenters. The second-order valence-corrected chi connectivity index (χ2v) is 25.5. The van der Waals surface area contributed by atoms with E-state index < -0.39 is 17.4 Å². The van der Waals surface area contributed by atoms with Crippen LogP contribution in [0.3, 0.4) is 0 Å². The summed E-state index contributed by atoms with van der Waals surface area (Å²) >= 11 is 3.53. The number of methoxy groups -OCH3 is 1. The SMILES string of the molecule is BC(C)(C)CC(C)(C)SCC(C)C(=O)OCCOC(=O)CCN(CCC(=O)OCCOC(=O)C(C)CSC(C)(C)CC(C)(C)C)Cc1cn(CCC(B)(C)OCCC(C)(CC)OC)nn1. The Hall–Kier alpha value is -2.27. The molecule has 14 nitrogen and oxygen atoms in total. The molecule has 1 heterocycles. The van der Waals surface area contributed by atoms with Crippen LogP contribution in [0.5, 0.6) is 0 Å². The maximum Gasteiger partial charge on any atom is 0.309 e. The van der Waals surface area contributed by atoms with Crippen LogP contribution in [-0.2, 0) is 60.7 Å². The normalized spacial score (nSPS) is 15.4. The van der Waals surface area contributed by atoms with Crippen molar-refractivity contribution < 1.29 is 47.6 Å². The molecule has 18 heteroatoms. The molecule has 0 aliphatic heterocycles. The first-order valence-corrected chi connectivity index (χ1v) is 25.6. The number of carbonyl (C=O) groups excluding carboxylic acids is 4. The van der Waals surface area contributed by atoms with E-state index in [2.05, 4.69) is 109 Å². The van der Waals surface area contributed by atoms with Gasteiger partial charge in [0.05, 0.1) is 36.0 Å². The molecule has 0 spiro atoms. The van der Waals surface area contributed by atoms with Crippen LogP contribution in [-0.4, -0.2) is 145 Å². The molecule has 0 saturated carbocycles. The first-order chi connectivity index (χ1) is 29.9. The zero-order valence-corrected chi connectivity index (χ0v) is 45.3. The van der Waals surface area contributed by atoms with E-state index in [0.717, 1.165) is 25.7 Å². The molecule has 0 aliphatic carbocycles. The van der Waals surface area contributed by atoms with Crippen molar-refractivity contribution in [2.75, 3.05) is 64.7 Å². The minimum atomic E-state index is -0.455. The fourth-order valence-electron chi connectivity index (χ4n) is 7.46. The van der Waals surface area contributed by atoms with Gasteiger partial charge in [0, 0.05) is 72.6 Å². The number of hydrogen-bond acceptors (Lipinski definition) is 15. The highest BCUT2D eigenvalue weighted by molar-refractivity contribution is 8.00. The Kier molecular flexibility index (Phi) is 26.4. The van der Waals surface area contributed by atoms with Crippen molar-refractivity contribution in [1.82, 2.24) is 19.9 Å². The average Bonchev–Trinajstić information content (AvgIpc) is 3.64. The smallest absolute Gasteiger partial charge is 0.309 e. The molecule has 1 aromatic heterocycles. The Balaban J connectivity index is 2.75. The van der Waals surface area contributed by atoms with Crippen molar-refractivity contribution >= 4 is 63.1 Å². The molecule has 4 atom stereocenters. The van der Waals surface area contributed by atoms with Crippen LogP contribution in [0.2, 0.25) is 5.31 Å². The highest BCUT2D eigenvalue weighted by atomic mass is 32.2. The van der Waals surface area contributed by atoms with Crippen LogP contribution < -0.4 is 0 Å². The van der Waals surface area contributed by atoms with Gasteiger partial charge in [-0.15, -0.1) is 5.10 Å². The van der Waals surface area contributed by atoms with E-state index in [1.165, 1.54) is 0 Å². The topological polar surface area (TPSA) is 158 Å². The molecule has 374 valence electrons. The number of carbonyl (C=O) groups is 4. The van der Waals surface area contributed by atoms with Gasteiger partial charge in [-0.25, -0.2) is 0 Å². The third-order valence-electron chi connectivity index (χ3n) is 10.9. The van der Waals surface area contributed by atoms with Crippen molar-refractivity contribution in [3.8, 4) is 0 Å². The van der Waals surface area contributed by atoms with Crippen molar-refractivity contribution in [2.45, 2.75) is 181 Å². The second-order valence-electron chi connectivity index (χ2n) is 22.1. The maximum absolute atomic E-state index is 12.8. The Morgan fingerprint density at radius 2 is 1.20 bits per heavy atom. The number of esters is 4. The number of nitrogens with zero attached hydrogens (tertiary/aromatic N) is 4. The molecule has 65 heavy (non-hydrogen) atoms. The highest BCUT2D eigenvalue weighted by Gasteiger charge is 2.30. The summed E-state index contributed by atoms with van der Waals surface area (Å²) in [7, 11) is 6.00. The predicted octanol–water partition coefficient (Wildman–Crippen LogP) is 6.95. The van der Waals surface area contributed by atoms with Gasteiger partial charge in [-0.2, -0.15) is 23.5 Å². The fourth-order valence-corrected chi connectivity index (χ4v) is 10.2. The summed E-state index contributed by atoms with van der Waals surface area (Å²) in [6, 6.07) is 0. The third-order valence-corrected chi connectivity index (χ3v) is 14.1. The minimum Gasteiger partial charge on any atom is -0.462 e. The van der Waals surface area contributed by atoms with Crippen LogP contribution in [0.1, 0.15) is 148 Å². The monoisotopic (exact) mass is 955 g/mol. The van der Waals surface area contributed by atoms with Crippen LogP contribution in [0.25, 0.3) is 0 Å². The largest absolute Gasteiger partial charge is 0.462 e. The van der Waals surface area contributed by atoms with Gasteiger partial charge in [-0.1, -0.05) is 93.6 Å². The predicted molar refractivity (Wildman–Crippen MR) is 269 cm³/mol. The Bertz CT molecular complexity index is 1500. The lowest BCUT2D eigenvalue weighted by atomic mass is 9.67. The number of thioether (sulfide) groups is 2. The summed E-state index contributed by atoms with van der Waals surface area (Å²) < 4.78 is 35.4. The van der Waals surface area contributed by atoms with Crippen LogP contribution in [0.15, 0.2) is 6.20 Å². The van der Waals surface area contributed by atoms with E-state index in [0.29, 0.717) is 43.3 Å². The van der Waals surface area contributed by atoms with E-state index in [1.807, 2.05) is 24.9 Å². The van der Waals surface area contributed by atoms with Gasteiger partial charge in [0.15, 0.2) is 0 Å². The number of hydrogen-bond donors (Lipinski definition) is 0. The lowest BCUT2D eigenvalue weighted by Gasteiger charge is -2.32. The molecule has 0 N–H and O–H groups in total. The first-order valence-electron chi connectivity index (χ1n) is 23.6. The standard InChI is InChI=1S/C47H88B2N4O10S2/c1-16-46(13,58-15)20-24-63-47(14,49)19-23-53-30-37(50-51-53)29-52(21-17-38(54)59-25-27-61-40(56)35(2)31-64-44(9,10)33-42(4,5)6)22-18-39(55)60-26-28-62-41(57)36(3)32-65-45(11,12)34-43(7,8)48/h30,35-36H,16-29,31-34,48-49H2,1-15H3. The zero-order chi connectivity index (χ0) is 49.7. The molecule has 0 aliphatic rings. The Morgan fingerprint density at radius 3 is 1.65 bits per heavy atom. The van der Waals surface area contributed by atoms with Gasteiger partial charge in [0.1, 0.15) is 42.1 Å². The van der Waals surface area contributed by atoms with Gasteiger partial charge in [-0.3, -0.25) is 28.8 Å². The molecule has 0 radical (unpaired) electrons. The van der Waals surface area contributed by atoms with Crippen molar-refractivity contribution in [3.63, 3.8) is 0 Å². The number of rotatable bonds is 34. The second kappa shape index (κ2) is 28.3. The zero-order valence-electron chi connectivity index (χ0n) is 43.6. The third kappa shape index (κ3) is 29.3. The van der Waals surface area contributed by atoms with Crippen molar-refractivity contribution in [1.29, 1.82) is 0 Å². The molecule has 0 amide bonds. The first kappa shape index (κ1) is 60.7. The van der Waals surface area contributed by atoms with Gasteiger partial charge in [0.2, 0.25) is 0 Å². The molecule has 0 aromatic carbocycles. The van der Waals surface area contributed by atoms with Crippen molar-refractivity contribution in [2.24, 2.45) is 17.3 Å². The van der Waals surface area contributed by atoms with E-state index >= 15 is 0 Å². The molecular weight excluding hydrogens is 866 g/mol. The number of aryl methyl sites for hydroxylation is 1.